The highest BCUT2D eigenvalue weighted by Crippen LogP contribution is 2.41. The van der Waals surface area contributed by atoms with Crippen LogP contribution in [-0.2, 0) is 22.4 Å². The summed E-state index contributed by atoms with van der Waals surface area (Å²) in [6.07, 6.45) is 2.80. The lowest BCUT2D eigenvalue weighted by Gasteiger charge is -2.29. The summed E-state index contributed by atoms with van der Waals surface area (Å²) >= 11 is 0. The lowest BCUT2D eigenvalue weighted by Crippen LogP contribution is -2.37. The molecule has 0 amide bonds. The van der Waals surface area contributed by atoms with Gasteiger partial charge >= 0.3 is 5.97 Å². The van der Waals surface area contributed by atoms with Crippen LogP contribution >= 0.6 is 0 Å². The molecule has 0 aliphatic heterocycles. The molecule has 0 spiro atoms. The number of methoxy groups -OCH3 is 1. The number of carbonyl (C=O) groups excluding carboxylic acids is 2. The molecule has 3 aromatic rings. The van der Waals surface area contributed by atoms with Crippen LogP contribution in [0.3, 0.4) is 0 Å². The maximum atomic E-state index is 13.2. The van der Waals surface area contributed by atoms with Gasteiger partial charge in [0.05, 0.1) is 18.2 Å². The number of ketones is 1. The van der Waals surface area contributed by atoms with E-state index in [1.807, 2.05) is 36.4 Å². The average molecular weight is 389 g/mol. The highest BCUT2D eigenvalue weighted by molar-refractivity contribution is 6.04. The fourth-order valence-corrected chi connectivity index (χ4v) is 4.18. The molecule has 2 heterocycles. The number of esters is 1. The van der Waals surface area contributed by atoms with Crippen molar-refractivity contribution in [2.24, 2.45) is 5.41 Å². The van der Waals surface area contributed by atoms with Crippen molar-refractivity contribution >= 4 is 17.6 Å². The summed E-state index contributed by atoms with van der Waals surface area (Å²) < 4.78 is 4.96. The van der Waals surface area contributed by atoms with Crippen molar-refractivity contribution < 1.29 is 14.3 Å². The molecule has 1 unspecified atom stereocenters. The van der Waals surface area contributed by atoms with Crippen molar-refractivity contribution in [3.63, 3.8) is 0 Å². The molecule has 0 saturated heterocycles. The van der Waals surface area contributed by atoms with Crippen molar-refractivity contribution in [3.05, 3.63) is 71.0 Å². The van der Waals surface area contributed by atoms with Gasteiger partial charge < -0.3 is 15.5 Å². The largest absolute Gasteiger partial charge is 0.469 e. The summed E-state index contributed by atoms with van der Waals surface area (Å²) in [5.74, 6) is -0.00789. The Kier molecular flexibility index (Phi) is 4.70. The second kappa shape index (κ2) is 7.20. The molecule has 1 aromatic carbocycles. The zero-order chi connectivity index (χ0) is 20.6. The number of nitrogens with zero attached hydrogens (tertiary/aromatic N) is 1. The molecule has 1 atom stereocenters. The quantitative estimate of drug-likeness (QED) is 0.665. The Hall–Kier alpha value is -3.41. The van der Waals surface area contributed by atoms with Gasteiger partial charge in [0.15, 0.2) is 5.78 Å². The number of nitrogens with one attached hydrogen (secondary N) is 1. The zero-order valence-electron chi connectivity index (χ0n) is 16.5. The van der Waals surface area contributed by atoms with E-state index in [1.54, 1.807) is 19.2 Å². The number of nitrogens with two attached hydrogens (primary N) is 1. The molecule has 0 radical (unpaired) electrons. The lowest BCUT2D eigenvalue weighted by molar-refractivity contribution is -0.151. The van der Waals surface area contributed by atoms with Crippen LogP contribution in [0.2, 0.25) is 0 Å². The molecular weight excluding hydrogens is 366 g/mol. The molecule has 148 valence electrons. The summed E-state index contributed by atoms with van der Waals surface area (Å²) in [6.45, 7) is 1.78. The summed E-state index contributed by atoms with van der Waals surface area (Å²) in [7, 11) is 1.36. The van der Waals surface area contributed by atoms with Crippen molar-refractivity contribution in [2.45, 2.75) is 26.2 Å². The Morgan fingerprint density at radius 2 is 2.00 bits per heavy atom. The standard InChI is InChI=1S/C23H23N3O3/c1-23(22(28)29-2)12-17-20(18(27)13-23)16(10-14-6-4-3-5-7-14)21(26-17)15-8-9-25-19(24)11-15/h3-9,11,26H,10,12-13H2,1-2H3,(H2,24,25). The van der Waals surface area contributed by atoms with Gasteiger partial charge in [-0.25, -0.2) is 4.98 Å². The number of pyridine rings is 1. The monoisotopic (exact) mass is 389 g/mol. The molecule has 0 fully saturated rings. The number of carbonyl (C=O) groups is 2. The Bertz CT molecular complexity index is 1090. The van der Waals surface area contributed by atoms with E-state index in [0.29, 0.717) is 24.2 Å². The summed E-state index contributed by atoms with van der Waals surface area (Å²) in [5, 5.41) is 0. The third-order valence-electron chi connectivity index (χ3n) is 5.55. The van der Waals surface area contributed by atoms with E-state index in [1.165, 1.54) is 7.11 Å². The Morgan fingerprint density at radius 3 is 2.69 bits per heavy atom. The number of fused-ring (bicyclic) bond motifs is 1. The highest BCUT2D eigenvalue weighted by atomic mass is 16.5. The van der Waals surface area contributed by atoms with Crippen molar-refractivity contribution in [2.75, 3.05) is 12.8 Å². The molecule has 1 aliphatic rings. The van der Waals surface area contributed by atoms with Crippen LogP contribution in [0.15, 0.2) is 48.7 Å². The van der Waals surface area contributed by atoms with E-state index in [-0.39, 0.29) is 18.2 Å². The summed E-state index contributed by atoms with van der Waals surface area (Å²) in [5.41, 5.74) is 10.2. The highest BCUT2D eigenvalue weighted by Gasteiger charge is 2.44. The first-order chi connectivity index (χ1) is 13.9. The maximum absolute atomic E-state index is 13.2. The molecule has 29 heavy (non-hydrogen) atoms. The SMILES string of the molecule is COC(=O)C1(C)CC(=O)c2c([nH]c(-c3ccnc(N)c3)c2Cc2ccccc2)C1. The molecule has 4 rings (SSSR count). The maximum Gasteiger partial charge on any atom is 0.312 e. The minimum atomic E-state index is -0.873. The average Bonchev–Trinajstić information content (AvgIpc) is 3.06. The van der Waals surface area contributed by atoms with Gasteiger partial charge in [-0.3, -0.25) is 9.59 Å². The molecule has 0 saturated carbocycles. The molecule has 1 aliphatic carbocycles. The predicted octanol–water partition coefficient (Wildman–Crippen LogP) is 3.56. The fraction of sp³-hybridized carbons (Fsp3) is 0.261. The second-order valence-corrected chi connectivity index (χ2v) is 7.79. The Balaban J connectivity index is 1.87. The van der Waals surface area contributed by atoms with Crippen LogP contribution in [0.1, 0.15) is 40.5 Å². The minimum absolute atomic E-state index is 0.0467. The summed E-state index contributed by atoms with van der Waals surface area (Å²) in [4.78, 5) is 33.0. The smallest absolute Gasteiger partial charge is 0.312 e. The van der Waals surface area contributed by atoms with Crippen LogP contribution < -0.4 is 5.73 Å². The first-order valence-corrected chi connectivity index (χ1v) is 9.52. The van der Waals surface area contributed by atoms with Crippen molar-refractivity contribution in [1.82, 2.24) is 9.97 Å². The Labute approximate surface area is 169 Å². The van der Waals surface area contributed by atoms with Gasteiger partial charge in [-0.15, -0.1) is 0 Å². The zero-order valence-corrected chi connectivity index (χ0v) is 16.5. The van der Waals surface area contributed by atoms with E-state index in [0.717, 1.165) is 28.1 Å². The molecule has 2 aromatic heterocycles. The fourth-order valence-electron chi connectivity index (χ4n) is 4.18. The number of ether oxygens (including phenoxy) is 1. The number of rotatable bonds is 4. The predicted molar refractivity (Wildman–Crippen MR) is 110 cm³/mol. The first-order valence-electron chi connectivity index (χ1n) is 9.52. The van der Waals surface area contributed by atoms with Crippen LogP contribution in [0, 0.1) is 5.41 Å². The van der Waals surface area contributed by atoms with Crippen LogP contribution in [0.4, 0.5) is 5.82 Å². The second-order valence-electron chi connectivity index (χ2n) is 7.79. The molecule has 6 nitrogen and oxygen atoms in total. The van der Waals surface area contributed by atoms with Gasteiger partial charge in [-0.2, -0.15) is 0 Å². The Morgan fingerprint density at radius 1 is 1.24 bits per heavy atom. The van der Waals surface area contributed by atoms with E-state index < -0.39 is 5.41 Å². The molecule has 6 heteroatoms. The van der Waals surface area contributed by atoms with Gasteiger partial charge in [0.1, 0.15) is 5.82 Å². The van der Waals surface area contributed by atoms with Crippen molar-refractivity contribution in [1.29, 1.82) is 0 Å². The normalized spacial score (nSPS) is 18.3. The number of aromatic nitrogens is 2. The van der Waals surface area contributed by atoms with Gasteiger partial charge in [-0.1, -0.05) is 30.3 Å². The van der Waals surface area contributed by atoms with Gasteiger partial charge in [0.25, 0.3) is 0 Å². The van der Waals surface area contributed by atoms with Crippen LogP contribution in [0.5, 0.6) is 0 Å². The number of benzene rings is 1. The minimum Gasteiger partial charge on any atom is -0.469 e. The number of nitrogen functional groups attached to an aromatic ring is 1. The van der Waals surface area contributed by atoms with Gasteiger partial charge in [0.2, 0.25) is 0 Å². The number of hydrogen-bond donors (Lipinski definition) is 2. The first kappa shape index (κ1) is 18.9. The van der Waals surface area contributed by atoms with Crippen LogP contribution in [-0.4, -0.2) is 28.8 Å². The van der Waals surface area contributed by atoms with Gasteiger partial charge in [0, 0.05) is 42.3 Å². The van der Waals surface area contributed by atoms with E-state index in [4.69, 9.17) is 10.5 Å². The van der Waals surface area contributed by atoms with E-state index >= 15 is 0 Å². The van der Waals surface area contributed by atoms with Crippen molar-refractivity contribution in [3.8, 4) is 11.3 Å². The summed E-state index contributed by atoms with van der Waals surface area (Å²) in [6, 6.07) is 13.7. The third kappa shape index (κ3) is 3.42. The number of aromatic amines is 1. The van der Waals surface area contributed by atoms with E-state index in [2.05, 4.69) is 9.97 Å². The topological polar surface area (TPSA) is 98.1 Å². The van der Waals surface area contributed by atoms with E-state index in [9.17, 15) is 9.59 Å². The van der Waals surface area contributed by atoms with Crippen LogP contribution in [0.25, 0.3) is 11.3 Å². The molecule has 3 N–H and O–H groups in total. The number of anilines is 1. The number of H-pyrrole nitrogens is 1. The lowest BCUT2D eigenvalue weighted by atomic mass is 9.73. The third-order valence-corrected chi connectivity index (χ3v) is 5.55. The van der Waals surface area contributed by atoms with Gasteiger partial charge in [-0.05, 0) is 30.2 Å². The number of Topliss-reactive ketones (excluding diaryl/α,β-unsaturated/α-hetero) is 1. The molecule has 0 bridgehead atoms. The molecular formula is C23H23N3O3. The number of hydrogen-bond acceptors (Lipinski definition) is 5.